The Balaban J connectivity index is 1.45. The Morgan fingerprint density at radius 2 is 2.00 bits per heavy atom. The highest BCUT2D eigenvalue weighted by Gasteiger charge is 2.27. The lowest BCUT2D eigenvalue weighted by Crippen LogP contribution is -2.37. The SMILES string of the molecule is O=C(NC1CCN(c2nccc(-c3ccc[nH]3)n2)C1)c1c(Cl)cccc1Cl. The first kappa shape index (κ1) is 17.8. The molecule has 2 aromatic heterocycles. The van der Waals surface area contributed by atoms with E-state index in [1.165, 1.54) is 0 Å². The van der Waals surface area contributed by atoms with Gasteiger partial charge in [-0.1, -0.05) is 29.3 Å². The standard InChI is InChI=1S/C19H17Cl2N5O/c20-13-3-1-4-14(21)17(13)18(27)24-12-7-10-26(11-12)19-23-9-6-16(25-19)15-5-2-8-22-15/h1-6,8-9,12,22H,7,10-11H2,(H,24,27). The van der Waals surface area contributed by atoms with Crippen molar-refractivity contribution in [1.82, 2.24) is 20.3 Å². The first-order valence-electron chi connectivity index (χ1n) is 8.58. The van der Waals surface area contributed by atoms with E-state index in [1.807, 2.05) is 24.4 Å². The third kappa shape index (κ3) is 3.77. The van der Waals surface area contributed by atoms with Crippen molar-refractivity contribution < 1.29 is 4.79 Å². The van der Waals surface area contributed by atoms with Crippen LogP contribution < -0.4 is 10.2 Å². The van der Waals surface area contributed by atoms with Crippen LogP contribution in [-0.2, 0) is 0 Å². The topological polar surface area (TPSA) is 73.9 Å². The maximum Gasteiger partial charge on any atom is 0.254 e. The van der Waals surface area contributed by atoms with Gasteiger partial charge in [-0.15, -0.1) is 0 Å². The highest BCUT2D eigenvalue weighted by Crippen LogP contribution is 2.25. The number of nitrogens with zero attached hydrogens (tertiary/aromatic N) is 3. The van der Waals surface area contributed by atoms with Crippen LogP contribution in [-0.4, -0.2) is 40.0 Å². The van der Waals surface area contributed by atoms with Crippen molar-refractivity contribution in [2.45, 2.75) is 12.5 Å². The number of hydrogen-bond donors (Lipinski definition) is 2. The number of aromatic nitrogens is 3. The number of H-pyrrole nitrogens is 1. The molecule has 0 aliphatic carbocycles. The number of anilines is 1. The lowest BCUT2D eigenvalue weighted by molar-refractivity contribution is 0.0940. The molecule has 6 nitrogen and oxygen atoms in total. The van der Waals surface area contributed by atoms with Gasteiger partial charge in [0.05, 0.1) is 27.0 Å². The van der Waals surface area contributed by atoms with Gasteiger partial charge in [-0.3, -0.25) is 4.79 Å². The zero-order chi connectivity index (χ0) is 18.8. The predicted molar refractivity (Wildman–Crippen MR) is 106 cm³/mol. The van der Waals surface area contributed by atoms with E-state index in [0.29, 0.717) is 28.1 Å². The van der Waals surface area contributed by atoms with Gasteiger partial charge in [-0.05, 0) is 36.8 Å². The number of carbonyl (C=O) groups is 1. The van der Waals surface area contributed by atoms with Crippen LogP contribution in [0.15, 0.2) is 48.8 Å². The van der Waals surface area contributed by atoms with Gasteiger partial charge < -0.3 is 15.2 Å². The van der Waals surface area contributed by atoms with E-state index >= 15 is 0 Å². The Labute approximate surface area is 166 Å². The molecule has 0 radical (unpaired) electrons. The molecule has 8 heteroatoms. The molecule has 0 spiro atoms. The smallest absolute Gasteiger partial charge is 0.254 e. The zero-order valence-electron chi connectivity index (χ0n) is 14.3. The Kier molecular flexibility index (Phi) is 5.01. The van der Waals surface area contributed by atoms with Crippen molar-refractivity contribution in [3.8, 4) is 11.4 Å². The molecule has 4 rings (SSSR count). The molecule has 1 aromatic carbocycles. The molecule has 1 fully saturated rings. The number of benzene rings is 1. The monoisotopic (exact) mass is 401 g/mol. The molecule has 1 aliphatic rings. The van der Waals surface area contributed by atoms with Crippen LogP contribution in [0.3, 0.4) is 0 Å². The van der Waals surface area contributed by atoms with E-state index in [9.17, 15) is 4.79 Å². The molecule has 138 valence electrons. The van der Waals surface area contributed by atoms with Gasteiger partial charge in [0, 0.05) is 31.5 Å². The molecule has 1 atom stereocenters. The largest absolute Gasteiger partial charge is 0.360 e. The number of carbonyl (C=O) groups excluding carboxylic acids is 1. The molecule has 3 aromatic rings. The molecule has 0 saturated carbocycles. The highest BCUT2D eigenvalue weighted by atomic mass is 35.5. The summed E-state index contributed by atoms with van der Waals surface area (Å²) in [6.45, 7) is 1.39. The maximum absolute atomic E-state index is 12.6. The summed E-state index contributed by atoms with van der Waals surface area (Å²) in [6.07, 6.45) is 4.40. The Morgan fingerprint density at radius 3 is 2.74 bits per heavy atom. The maximum atomic E-state index is 12.6. The summed E-state index contributed by atoms with van der Waals surface area (Å²) >= 11 is 12.2. The first-order chi connectivity index (χ1) is 13.1. The van der Waals surface area contributed by atoms with Gasteiger partial charge in [0.1, 0.15) is 0 Å². The van der Waals surface area contributed by atoms with Gasteiger partial charge >= 0.3 is 0 Å². The van der Waals surface area contributed by atoms with Crippen molar-refractivity contribution in [2.24, 2.45) is 0 Å². The fraction of sp³-hybridized carbons (Fsp3) is 0.211. The lowest BCUT2D eigenvalue weighted by atomic mass is 10.2. The van der Waals surface area contributed by atoms with Crippen molar-refractivity contribution in [2.75, 3.05) is 18.0 Å². The molecular weight excluding hydrogens is 385 g/mol. The summed E-state index contributed by atoms with van der Waals surface area (Å²) in [7, 11) is 0. The molecule has 1 saturated heterocycles. The summed E-state index contributed by atoms with van der Waals surface area (Å²) in [6, 6.07) is 10.8. The fourth-order valence-electron chi connectivity index (χ4n) is 3.17. The predicted octanol–water partition coefficient (Wildman–Crippen LogP) is 3.79. The second-order valence-corrected chi connectivity index (χ2v) is 7.14. The van der Waals surface area contributed by atoms with Gasteiger partial charge in [-0.2, -0.15) is 0 Å². The fourth-order valence-corrected chi connectivity index (χ4v) is 3.74. The summed E-state index contributed by atoms with van der Waals surface area (Å²) in [5.41, 5.74) is 2.08. The number of nitrogens with one attached hydrogen (secondary N) is 2. The number of hydrogen-bond acceptors (Lipinski definition) is 4. The minimum absolute atomic E-state index is 0.0254. The highest BCUT2D eigenvalue weighted by molar-refractivity contribution is 6.39. The first-order valence-corrected chi connectivity index (χ1v) is 9.34. The lowest BCUT2D eigenvalue weighted by Gasteiger charge is -2.17. The molecule has 0 bridgehead atoms. The van der Waals surface area contributed by atoms with Gasteiger partial charge in [0.15, 0.2) is 0 Å². The van der Waals surface area contributed by atoms with Crippen molar-refractivity contribution in [3.63, 3.8) is 0 Å². The van der Waals surface area contributed by atoms with Crippen molar-refractivity contribution >= 4 is 35.1 Å². The third-order valence-corrected chi connectivity index (χ3v) is 5.14. The Morgan fingerprint density at radius 1 is 1.19 bits per heavy atom. The number of halogens is 2. The van der Waals surface area contributed by atoms with Crippen molar-refractivity contribution in [1.29, 1.82) is 0 Å². The summed E-state index contributed by atoms with van der Waals surface area (Å²) in [5, 5.41) is 3.70. The van der Waals surface area contributed by atoms with E-state index in [2.05, 4.69) is 25.2 Å². The third-order valence-electron chi connectivity index (χ3n) is 4.51. The van der Waals surface area contributed by atoms with Crippen LogP contribution in [0.2, 0.25) is 10.0 Å². The molecular formula is C19H17Cl2N5O. The normalized spacial score (nSPS) is 16.5. The number of aromatic amines is 1. The van der Waals surface area contributed by atoms with E-state index in [0.717, 1.165) is 24.4 Å². The average Bonchev–Trinajstić information content (AvgIpc) is 3.34. The van der Waals surface area contributed by atoms with Gasteiger partial charge in [-0.25, -0.2) is 9.97 Å². The second-order valence-electron chi connectivity index (χ2n) is 6.33. The molecule has 2 N–H and O–H groups in total. The Hall–Kier alpha value is -2.57. The Bertz CT molecular complexity index is 940. The van der Waals surface area contributed by atoms with Gasteiger partial charge in [0.2, 0.25) is 5.95 Å². The average molecular weight is 402 g/mol. The van der Waals surface area contributed by atoms with Crippen LogP contribution in [0.5, 0.6) is 0 Å². The molecule has 1 unspecified atom stereocenters. The van der Waals surface area contributed by atoms with E-state index in [1.54, 1.807) is 24.4 Å². The van der Waals surface area contributed by atoms with Crippen molar-refractivity contribution in [3.05, 3.63) is 64.4 Å². The van der Waals surface area contributed by atoms with Crippen LogP contribution in [0.25, 0.3) is 11.4 Å². The van der Waals surface area contributed by atoms with Gasteiger partial charge in [0.25, 0.3) is 5.91 Å². The van der Waals surface area contributed by atoms with Crippen LogP contribution >= 0.6 is 23.2 Å². The van der Waals surface area contributed by atoms with E-state index in [-0.39, 0.29) is 11.9 Å². The minimum atomic E-state index is -0.265. The number of amides is 1. The molecule has 3 heterocycles. The second kappa shape index (κ2) is 7.58. The summed E-state index contributed by atoms with van der Waals surface area (Å²) in [5.74, 6) is 0.383. The molecule has 1 aliphatic heterocycles. The van der Waals surface area contributed by atoms with Crippen LogP contribution in [0, 0.1) is 0 Å². The zero-order valence-corrected chi connectivity index (χ0v) is 15.8. The van der Waals surface area contributed by atoms with E-state index in [4.69, 9.17) is 23.2 Å². The summed E-state index contributed by atoms with van der Waals surface area (Å²) < 4.78 is 0. The minimum Gasteiger partial charge on any atom is -0.360 e. The molecule has 1 amide bonds. The van der Waals surface area contributed by atoms with Crippen LogP contribution in [0.1, 0.15) is 16.8 Å². The number of rotatable bonds is 4. The van der Waals surface area contributed by atoms with E-state index < -0.39 is 0 Å². The molecule has 27 heavy (non-hydrogen) atoms. The van der Waals surface area contributed by atoms with Crippen LogP contribution in [0.4, 0.5) is 5.95 Å². The quantitative estimate of drug-likeness (QED) is 0.697. The summed E-state index contributed by atoms with van der Waals surface area (Å²) in [4.78, 5) is 26.8.